The van der Waals surface area contributed by atoms with Gasteiger partial charge in [-0.15, -0.1) is 0 Å². The van der Waals surface area contributed by atoms with Gasteiger partial charge in [0, 0.05) is 4.91 Å². The van der Waals surface area contributed by atoms with E-state index in [1.807, 2.05) is 18.2 Å². The molecule has 1 unspecified atom stereocenters. The number of nitrogens with zero attached hydrogens (tertiary/aromatic N) is 3. The number of aliphatic hydroxyl groups is 1. The van der Waals surface area contributed by atoms with E-state index in [4.69, 9.17) is 5.53 Å². The van der Waals surface area contributed by atoms with Gasteiger partial charge in [0.15, 0.2) is 0 Å². The maximum Gasteiger partial charge on any atom is 0.0897 e. The maximum atomic E-state index is 9.91. The summed E-state index contributed by atoms with van der Waals surface area (Å²) in [4.78, 5) is 2.72. The lowest BCUT2D eigenvalue weighted by molar-refractivity contribution is 0.105. The molecule has 1 rings (SSSR count). The normalized spacial score (nSPS) is 13.1. The van der Waals surface area contributed by atoms with Gasteiger partial charge in [-0.1, -0.05) is 49.3 Å². The lowest BCUT2D eigenvalue weighted by Gasteiger charge is -2.25. The van der Waals surface area contributed by atoms with Crippen LogP contribution in [0.1, 0.15) is 25.5 Å². The molecular weight excluding hydrogens is 178 g/mol. The van der Waals surface area contributed by atoms with E-state index in [0.717, 1.165) is 5.56 Å². The minimum absolute atomic E-state index is 0.755. The Morgan fingerprint density at radius 1 is 1.36 bits per heavy atom. The molecule has 0 aliphatic carbocycles. The fourth-order valence-electron chi connectivity index (χ4n) is 1.21. The number of aliphatic hydroxyl groups excluding tert-OH is 1. The number of rotatable bonds is 3. The second-order valence-corrected chi connectivity index (χ2v) is 3.66. The summed E-state index contributed by atoms with van der Waals surface area (Å²) in [6.07, 6.45) is -0.778. The highest BCUT2D eigenvalue weighted by atomic mass is 16.3. The van der Waals surface area contributed by atoms with Gasteiger partial charge in [0.1, 0.15) is 0 Å². The Kier molecular flexibility index (Phi) is 3.12. The average molecular weight is 191 g/mol. The number of hydrogen-bond acceptors (Lipinski definition) is 2. The van der Waals surface area contributed by atoms with Gasteiger partial charge in [-0.25, -0.2) is 0 Å². The van der Waals surface area contributed by atoms with Gasteiger partial charge in [-0.05, 0) is 11.1 Å². The summed E-state index contributed by atoms with van der Waals surface area (Å²) in [6, 6.07) is 9.16. The summed E-state index contributed by atoms with van der Waals surface area (Å²) in [6.45, 7) is 3.40. The summed E-state index contributed by atoms with van der Waals surface area (Å²) >= 11 is 0. The van der Waals surface area contributed by atoms with E-state index < -0.39 is 11.6 Å². The molecule has 0 fully saturated rings. The first kappa shape index (κ1) is 10.6. The summed E-state index contributed by atoms with van der Waals surface area (Å²) in [5.74, 6) is 0. The minimum Gasteiger partial charge on any atom is -0.388 e. The van der Waals surface area contributed by atoms with Crippen LogP contribution in [0.2, 0.25) is 0 Å². The monoisotopic (exact) mass is 191 g/mol. The molecule has 4 heteroatoms. The zero-order chi connectivity index (χ0) is 10.6. The molecule has 0 aliphatic heterocycles. The topological polar surface area (TPSA) is 69.0 Å². The Bertz CT molecular complexity index is 342. The van der Waals surface area contributed by atoms with Crippen LogP contribution in [0.3, 0.4) is 0 Å². The molecule has 4 nitrogen and oxygen atoms in total. The molecule has 14 heavy (non-hydrogen) atoms. The Balaban J connectivity index is 2.95. The first-order chi connectivity index (χ1) is 6.58. The third kappa shape index (κ3) is 2.25. The van der Waals surface area contributed by atoms with Crippen molar-refractivity contribution in [3.05, 3.63) is 46.3 Å². The van der Waals surface area contributed by atoms with Crippen LogP contribution in [0.5, 0.6) is 0 Å². The Labute approximate surface area is 82.8 Å². The molecule has 1 N–H and O–H groups in total. The number of benzene rings is 1. The van der Waals surface area contributed by atoms with Gasteiger partial charge >= 0.3 is 0 Å². The first-order valence-corrected chi connectivity index (χ1v) is 4.37. The van der Waals surface area contributed by atoms with Gasteiger partial charge in [0.25, 0.3) is 0 Å². The molecule has 0 spiro atoms. The van der Waals surface area contributed by atoms with Crippen molar-refractivity contribution in [2.75, 3.05) is 0 Å². The van der Waals surface area contributed by atoms with Crippen LogP contribution in [-0.2, 0) is 0 Å². The van der Waals surface area contributed by atoms with E-state index in [2.05, 4.69) is 10.0 Å². The summed E-state index contributed by atoms with van der Waals surface area (Å²) in [5, 5.41) is 13.5. The van der Waals surface area contributed by atoms with Crippen LogP contribution in [0, 0.1) is 0 Å². The molecule has 0 saturated carbocycles. The molecular formula is C10H13N3O. The average Bonchev–Trinajstić information content (AvgIpc) is 2.18. The first-order valence-electron chi connectivity index (χ1n) is 4.37. The van der Waals surface area contributed by atoms with Crippen molar-refractivity contribution in [2.24, 2.45) is 5.11 Å². The van der Waals surface area contributed by atoms with E-state index in [9.17, 15) is 5.11 Å². The summed E-state index contributed by atoms with van der Waals surface area (Å²) in [5.41, 5.74) is 8.28. The molecule has 0 aliphatic rings. The van der Waals surface area contributed by atoms with Gasteiger partial charge in [0.2, 0.25) is 0 Å². The van der Waals surface area contributed by atoms with Crippen molar-refractivity contribution in [3.63, 3.8) is 0 Å². The third-order valence-electron chi connectivity index (χ3n) is 2.09. The highest BCUT2D eigenvalue weighted by molar-refractivity contribution is 5.20. The van der Waals surface area contributed by atoms with Crippen molar-refractivity contribution >= 4 is 0 Å². The molecule has 1 aromatic carbocycles. The van der Waals surface area contributed by atoms with E-state index in [1.165, 1.54) is 0 Å². The Morgan fingerprint density at radius 3 is 2.43 bits per heavy atom. The molecule has 0 aromatic heterocycles. The van der Waals surface area contributed by atoms with Crippen LogP contribution in [0.4, 0.5) is 0 Å². The molecule has 1 aromatic rings. The maximum absolute atomic E-state index is 9.91. The molecule has 0 amide bonds. The number of azide groups is 1. The third-order valence-corrected chi connectivity index (χ3v) is 2.09. The van der Waals surface area contributed by atoms with E-state index in [1.54, 1.807) is 26.0 Å². The van der Waals surface area contributed by atoms with Crippen molar-refractivity contribution in [3.8, 4) is 0 Å². The van der Waals surface area contributed by atoms with Gasteiger partial charge in [0.05, 0.1) is 11.6 Å². The Morgan fingerprint density at radius 2 is 1.93 bits per heavy atom. The van der Waals surface area contributed by atoms with E-state index in [-0.39, 0.29) is 0 Å². The fourth-order valence-corrected chi connectivity index (χ4v) is 1.21. The smallest absolute Gasteiger partial charge is 0.0897 e. The minimum atomic E-state index is -0.823. The number of hydrogen-bond donors (Lipinski definition) is 1. The molecule has 0 bridgehead atoms. The second kappa shape index (κ2) is 4.13. The molecule has 74 valence electrons. The largest absolute Gasteiger partial charge is 0.388 e. The molecule has 0 heterocycles. The van der Waals surface area contributed by atoms with Gasteiger partial charge in [-0.2, -0.15) is 0 Å². The molecule has 1 atom stereocenters. The van der Waals surface area contributed by atoms with E-state index >= 15 is 0 Å². The highest BCUT2D eigenvalue weighted by Crippen LogP contribution is 2.28. The Hall–Kier alpha value is -1.51. The predicted molar refractivity (Wildman–Crippen MR) is 54.6 cm³/mol. The SMILES string of the molecule is CC(C)(N=[N+]=[N-])C(O)c1ccccc1. The summed E-state index contributed by atoms with van der Waals surface area (Å²) < 4.78 is 0. The van der Waals surface area contributed by atoms with Crippen LogP contribution >= 0.6 is 0 Å². The van der Waals surface area contributed by atoms with Crippen LogP contribution in [0.15, 0.2) is 35.4 Å². The predicted octanol–water partition coefficient (Wildman–Crippen LogP) is 2.81. The van der Waals surface area contributed by atoms with Crippen LogP contribution < -0.4 is 0 Å². The quantitative estimate of drug-likeness (QED) is 0.445. The molecule has 0 radical (unpaired) electrons. The van der Waals surface area contributed by atoms with Crippen LogP contribution in [0.25, 0.3) is 10.4 Å². The lowest BCUT2D eigenvalue weighted by atomic mass is 9.92. The summed E-state index contributed by atoms with van der Waals surface area (Å²) in [7, 11) is 0. The van der Waals surface area contributed by atoms with Gasteiger partial charge < -0.3 is 5.11 Å². The lowest BCUT2D eigenvalue weighted by Crippen LogP contribution is -2.26. The van der Waals surface area contributed by atoms with Crippen LogP contribution in [-0.4, -0.2) is 10.6 Å². The standard InChI is InChI=1S/C10H13N3O/c1-10(2,12-13-11)9(14)8-6-4-3-5-7-8/h3-7,9,14H,1-2H3. The van der Waals surface area contributed by atoms with Gasteiger partial charge in [-0.3, -0.25) is 0 Å². The fraction of sp³-hybridized carbons (Fsp3) is 0.400. The van der Waals surface area contributed by atoms with Crippen molar-refractivity contribution < 1.29 is 5.11 Å². The van der Waals surface area contributed by atoms with E-state index in [0.29, 0.717) is 0 Å². The van der Waals surface area contributed by atoms with Crippen molar-refractivity contribution in [1.29, 1.82) is 0 Å². The zero-order valence-corrected chi connectivity index (χ0v) is 8.25. The molecule has 0 saturated heterocycles. The highest BCUT2D eigenvalue weighted by Gasteiger charge is 2.27. The second-order valence-electron chi connectivity index (χ2n) is 3.66. The van der Waals surface area contributed by atoms with Crippen molar-refractivity contribution in [2.45, 2.75) is 25.5 Å². The van der Waals surface area contributed by atoms with Crippen molar-refractivity contribution in [1.82, 2.24) is 0 Å². The zero-order valence-electron chi connectivity index (χ0n) is 8.25.